The first-order valence-corrected chi connectivity index (χ1v) is 11.8. The van der Waals surface area contributed by atoms with Crippen LogP contribution >= 0.6 is 0 Å². The lowest BCUT2D eigenvalue weighted by Crippen LogP contribution is -2.29. The van der Waals surface area contributed by atoms with E-state index in [9.17, 15) is 17.6 Å². The molecule has 0 aliphatic carbocycles. The van der Waals surface area contributed by atoms with Crippen molar-refractivity contribution < 1.29 is 22.3 Å². The molecule has 0 aliphatic rings. The van der Waals surface area contributed by atoms with Gasteiger partial charge in [-0.05, 0) is 54.4 Å². The molecule has 6 nitrogen and oxygen atoms in total. The van der Waals surface area contributed by atoms with Crippen LogP contribution in [-0.4, -0.2) is 27.2 Å². The summed E-state index contributed by atoms with van der Waals surface area (Å²) in [6, 6.07) is 19.9. The number of aryl methyl sites for hydroxylation is 1. The standard InChI is InChI=1S/C24H25FN2O4S/c1-18-3-5-19(6-4-18)15-26-24(28)17-31-23-13-11-22(12-14-23)27(32(2,29)30)16-20-7-9-21(25)10-8-20/h3-14H,15-17H2,1-2H3,(H,26,28). The number of amides is 1. The van der Waals surface area contributed by atoms with Gasteiger partial charge in [-0.15, -0.1) is 0 Å². The number of hydrogen-bond donors (Lipinski definition) is 1. The zero-order chi connectivity index (χ0) is 23.1. The summed E-state index contributed by atoms with van der Waals surface area (Å²) in [4.78, 5) is 12.0. The van der Waals surface area contributed by atoms with Crippen molar-refractivity contribution in [1.82, 2.24) is 5.32 Å². The van der Waals surface area contributed by atoms with Gasteiger partial charge in [-0.25, -0.2) is 12.8 Å². The summed E-state index contributed by atoms with van der Waals surface area (Å²) in [5, 5.41) is 2.79. The van der Waals surface area contributed by atoms with E-state index in [1.165, 1.54) is 16.4 Å². The second-order valence-corrected chi connectivity index (χ2v) is 9.35. The second-order valence-electron chi connectivity index (χ2n) is 7.44. The normalized spacial score (nSPS) is 11.1. The number of nitrogens with zero attached hydrogens (tertiary/aromatic N) is 1. The Balaban J connectivity index is 1.57. The Bertz CT molecular complexity index is 1150. The molecular formula is C24H25FN2O4S. The summed E-state index contributed by atoms with van der Waals surface area (Å²) >= 11 is 0. The van der Waals surface area contributed by atoms with E-state index in [0.717, 1.165) is 17.4 Å². The van der Waals surface area contributed by atoms with Crippen LogP contribution < -0.4 is 14.4 Å². The van der Waals surface area contributed by atoms with Gasteiger partial charge in [-0.3, -0.25) is 9.10 Å². The minimum atomic E-state index is -3.57. The van der Waals surface area contributed by atoms with Crippen LogP contribution in [0.25, 0.3) is 0 Å². The third-order valence-corrected chi connectivity index (χ3v) is 5.89. The molecule has 0 unspecified atom stereocenters. The van der Waals surface area contributed by atoms with Crippen molar-refractivity contribution in [3.63, 3.8) is 0 Å². The largest absolute Gasteiger partial charge is 0.484 e. The highest BCUT2D eigenvalue weighted by atomic mass is 32.2. The molecule has 3 rings (SSSR count). The molecule has 0 aliphatic heterocycles. The molecule has 8 heteroatoms. The van der Waals surface area contributed by atoms with E-state index in [2.05, 4.69) is 5.32 Å². The number of carbonyl (C=O) groups is 1. The quantitative estimate of drug-likeness (QED) is 0.532. The van der Waals surface area contributed by atoms with Crippen molar-refractivity contribution in [1.29, 1.82) is 0 Å². The Morgan fingerprint density at radius 2 is 1.53 bits per heavy atom. The van der Waals surface area contributed by atoms with E-state index < -0.39 is 10.0 Å². The molecule has 32 heavy (non-hydrogen) atoms. The van der Waals surface area contributed by atoms with Gasteiger partial charge in [0, 0.05) is 6.54 Å². The molecule has 0 fully saturated rings. The Kier molecular flexibility index (Phi) is 7.48. The predicted molar refractivity (Wildman–Crippen MR) is 122 cm³/mol. The minimum Gasteiger partial charge on any atom is -0.484 e. The maximum Gasteiger partial charge on any atom is 0.258 e. The third kappa shape index (κ3) is 6.81. The van der Waals surface area contributed by atoms with Crippen LogP contribution in [0.4, 0.5) is 10.1 Å². The van der Waals surface area contributed by atoms with Crippen LogP contribution in [0.15, 0.2) is 72.8 Å². The van der Waals surface area contributed by atoms with Crippen molar-refractivity contribution >= 4 is 21.6 Å². The number of rotatable bonds is 9. The summed E-state index contributed by atoms with van der Waals surface area (Å²) < 4.78 is 44.4. The SMILES string of the molecule is Cc1ccc(CNC(=O)COc2ccc(N(Cc3ccc(F)cc3)S(C)(=O)=O)cc2)cc1. The van der Waals surface area contributed by atoms with Crippen molar-refractivity contribution in [2.75, 3.05) is 17.2 Å². The monoisotopic (exact) mass is 456 g/mol. The molecule has 168 valence electrons. The molecular weight excluding hydrogens is 431 g/mol. The lowest BCUT2D eigenvalue weighted by Gasteiger charge is -2.22. The fourth-order valence-corrected chi connectivity index (χ4v) is 3.86. The molecule has 1 amide bonds. The summed E-state index contributed by atoms with van der Waals surface area (Å²) in [7, 11) is -3.57. The van der Waals surface area contributed by atoms with Gasteiger partial charge in [0.2, 0.25) is 10.0 Å². The molecule has 1 N–H and O–H groups in total. The minimum absolute atomic E-state index is 0.0702. The third-order valence-electron chi connectivity index (χ3n) is 4.74. The molecule has 3 aromatic carbocycles. The average molecular weight is 457 g/mol. The van der Waals surface area contributed by atoms with Crippen molar-refractivity contribution in [3.8, 4) is 5.75 Å². The topological polar surface area (TPSA) is 75.7 Å². The number of carbonyl (C=O) groups excluding carboxylic acids is 1. The highest BCUT2D eigenvalue weighted by molar-refractivity contribution is 7.92. The first-order valence-electron chi connectivity index (χ1n) is 9.98. The van der Waals surface area contributed by atoms with E-state index in [1.54, 1.807) is 36.4 Å². The van der Waals surface area contributed by atoms with Crippen LogP contribution in [0, 0.1) is 12.7 Å². The Morgan fingerprint density at radius 3 is 2.12 bits per heavy atom. The highest BCUT2D eigenvalue weighted by Crippen LogP contribution is 2.24. The van der Waals surface area contributed by atoms with E-state index in [0.29, 0.717) is 23.5 Å². The van der Waals surface area contributed by atoms with E-state index in [-0.39, 0.29) is 24.9 Å². The molecule has 3 aromatic rings. The maximum absolute atomic E-state index is 13.1. The number of anilines is 1. The lowest BCUT2D eigenvalue weighted by atomic mass is 10.1. The smallest absolute Gasteiger partial charge is 0.258 e. The maximum atomic E-state index is 13.1. The fraction of sp³-hybridized carbons (Fsp3) is 0.208. The van der Waals surface area contributed by atoms with Gasteiger partial charge in [0.15, 0.2) is 6.61 Å². The van der Waals surface area contributed by atoms with Crippen LogP contribution in [0.5, 0.6) is 5.75 Å². The molecule has 0 spiro atoms. The number of sulfonamides is 1. The number of nitrogens with one attached hydrogen (secondary N) is 1. The van der Waals surface area contributed by atoms with Crippen LogP contribution in [0.2, 0.25) is 0 Å². The molecule has 0 atom stereocenters. The van der Waals surface area contributed by atoms with E-state index in [4.69, 9.17) is 4.74 Å². The first kappa shape index (κ1) is 23.3. The van der Waals surface area contributed by atoms with Crippen molar-refractivity contribution in [2.24, 2.45) is 0 Å². The summed E-state index contributed by atoms with van der Waals surface area (Å²) in [6.07, 6.45) is 1.11. The summed E-state index contributed by atoms with van der Waals surface area (Å²) in [6.45, 7) is 2.32. The van der Waals surface area contributed by atoms with Gasteiger partial charge in [0.1, 0.15) is 11.6 Å². The molecule has 0 radical (unpaired) electrons. The summed E-state index contributed by atoms with van der Waals surface area (Å²) in [5.41, 5.74) is 3.24. The molecule has 0 bridgehead atoms. The Morgan fingerprint density at radius 1 is 0.938 bits per heavy atom. The molecule has 0 saturated heterocycles. The summed E-state index contributed by atoms with van der Waals surface area (Å²) in [5.74, 6) is -0.206. The Hall–Kier alpha value is -3.39. The predicted octanol–water partition coefficient (Wildman–Crippen LogP) is 3.80. The number of halogens is 1. The van der Waals surface area contributed by atoms with Crippen LogP contribution in [-0.2, 0) is 27.9 Å². The zero-order valence-electron chi connectivity index (χ0n) is 17.9. The molecule has 0 saturated carbocycles. The van der Waals surface area contributed by atoms with Crippen LogP contribution in [0.3, 0.4) is 0 Å². The van der Waals surface area contributed by atoms with E-state index in [1.807, 2.05) is 31.2 Å². The fourth-order valence-electron chi connectivity index (χ4n) is 2.97. The Labute approximate surface area is 187 Å². The van der Waals surface area contributed by atoms with Crippen LogP contribution in [0.1, 0.15) is 16.7 Å². The lowest BCUT2D eigenvalue weighted by molar-refractivity contribution is -0.123. The second kappa shape index (κ2) is 10.3. The van der Waals surface area contributed by atoms with Gasteiger partial charge in [0.25, 0.3) is 5.91 Å². The van der Waals surface area contributed by atoms with Crippen molar-refractivity contribution in [3.05, 3.63) is 95.3 Å². The number of ether oxygens (including phenoxy) is 1. The number of hydrogen-bond acceptors (Lipinski definition) is 4. The van der Waals surface area contributed by atoms with Gasteiger partial charge >= 0.3 is 0 Å². The first-order chi connectivity index (χ1) is 15.2. The van der Waals surface area contributed by atoms with Gasteiger partial charge in [-0.1, -0.05) is 42.0 Å². The zero-order valence-corrected chi connectivity index (χ0v) is 18.7. The van der Waals surface area contributed by atoms with Gasteiger partial charge in [-0.2, -0.15) is 0 Å². The van der Waals surface area contributed by atoms with Crippen molar-refractivity contribution in [2.45, 2.75) is 20.0 Å². The highest BCUT2D eigenvalue weighted by Gasteiger charge is 2.18. The van der Waals surface area contributed by atoms with Gasteiger partial charge in [0.05, 0.1) is 18.5 Å². The number of benzene rings is 3. The van der Waals surface area contributed by atoms with E-state index >= 15 is 0 Å². The molecule has 0 heterocycles. The molecule has 0 aromatic heterocycles. The van der Waals surface area contributed by atoms with Gasteiger partial charge < -0.3 is 10.1 Å². The average Bonchev–Trinajstić information content (AvgIpc) is 2.76.